The summed E-state index contributed by atoms with van der Waals surface area (Å²) in [7, 11) is -3.69. The first-order valence-electron chi connectivity index (χ1n) is 4.14. The lowest BCUT2D eigenvalue weighted by atomic mass is 10.3. The summed E-state index contributed by atoms with van der Waals surface area (Å²) in [5.41, 5.74) is 5.28. The highest BCUT2D eigenvalue weighted by atomic mass is 35.5. The third-order valence-corrected chi connectivity index (χ3v) is 4.19. The second-order valence-electron chi connectivity index (χ2n) is 3.07. The molecule has 3 N–H and O–H groups in total. The van der Waals surface area contributed by atoms with Crippen molar-refractivity contribution in [1.82, 2.24) is 0 Å². The Hall–Kier alpha value is -0.270. The Kier molecular flexibility index (Phi) is 4.86. The lowest BCUT2D eigenvalue weighted by Gasteiger charge is -2.10. The summed E-state index contributed by atoms with van der Waals surface area (Å²) < 4.78 is 25.3. The van der Waals surface area contributed by atoms with E-state index in [0.717, 1.165) is 0 Å². The van der Waals surface area contributed by atoms with Crippen LogP contribution in [-0.4, -0.2) is 19.2 Å². The number of sulfonamides is 1. The fourth-order valence-electron chi connectivity index (χ4n) is 0.992. The van der Waals surface area contributed by atoms with Gasteiger partial charge in [0, 0.05) is 0 Å². The number of halogens is 3. The minimum Gasteiger partial charge on any atom is -0.392 e. The van der Waals surface area contributed by atoms with Crippen LogP contribution in [0.25, 0.3) is 0 Å². The van der Waals surface area contributed by atoms with Crippen molar-refractivity contribution in [3.05, 3.63) is 27.2 Å². The van der Waals surface area contributed by atoms with Crippen LogP contribution in [0.3, 0.4) is 0 Å². The van der Waals surface area contributed by atoms with Crippen LogP contribution in [0, 0.1) is 0 Å². The number of hydrogen-bond acceptors (Lipinski definition) is 3. The van der Waals surface area contributed by atoms with Crippen LogP contribution in [0.1, 0.15) is 0 Å². The van der Waals surface area contributed by atoms with Gasteiger partial charge in [-0.2, -0.15) is 0 Å². The highest BCUT2D eigenvalue weighted by Gasteiger charge is 2.15. The molecule has 0 saturated heterocycles. The third kappa shape index (κ3) is 4.48. The Bertz CT molecular complexity index is 560. The normalized spacial score (nSPS) is 11.2. The zero-order valence-corrected chi connectivity index (χ0v) is 12.1. The van der Waals surface area contributed by atoms with E-state index in [2.05, 4.69) is 16.9 Å². The van der Waals surface area contributed by atoms with Gasteiger partial charge in [-0.15, -0.1) is 0 Å². The average molecular weight is 334 g/mol. The number of nitrogens with one attached hydrogen (secondary N) is 1. The van der Waals surface area contributed by atoms with Gasteiger partial charge in [-0.1, -0.05) is 47.0 Å². The van der Waals surface area contributed by atoms with E-state index in [1.165, 1.54) is 12.1 Å². The fraction of sp³-hybridized carbons (Fsp3) is 0.125. The Morgan fingerprint density at radius 3 is 2.29 bits per heavy atom. The molecular formula is C8H7Cl3N2O2S2. The monoisotopic (exact) mass is 332 g/mol. The molecule has 1 aromatic rings. The Labute approximate surface area is 119 Å². The van der Waals surface area contributed by atoms with Gasteiger partial charge in [0.05, 0.1) is 25.7 Å². The molecule has 0 unspecified atom stereocenters. The number of thiocarbonyl (C=S) groups is 1. The minimum atomic E-state index is -3.69. The van der Waals surface area contributed by atoms with Crippen LogP contribution >= 0.6 is 47.0 Å². The van der Waals surface area contributed by atoms with Gasteiger partial charge < -0.3 is 5.73 Å². The summed E-state index contributed by atoms with van der Waals surface area (Å²) >= 11 is 21.8. The summed E-state index contributed by atoms with van der Waals surface area (Å²) in [4.78, 5) is -0.145. The smallest absolute Gasteiger partial charge is 0.239 e. The predicted octanol–water partition coefficient (Wildman–Crippen LogP) is 2.67. The van der Waals surface area contributed by atoms with E-state index in [0.29, 0.717) is 0 Å². The average Bonchev–Trinajstić information content (AvgIpc) is 2.11. The Morgan fingerprint density at radius 2 is 1.76 bits per heavy atom. The molecule has 0 aromatic heterocycles. The topological polar surface area (TPSA) is 72.2 Å². The van der Waals surface area contributed by atoms with Gasteiger partial charge in [0.2, 0.25) is 10.0 Å². The minimum absolute atomic E-state index is 0.123. The molecule has 0 amide bonds. The van der Waals surface area contributed by atoms with E-state index in [1.807, 2.05) is 0 Å². The summed E-state index contributed by atoms with van der Waals surface area (Å²) in [6.45, 7) is 0. The quantitative estimate of drug-likeness (QED) is 0.656. The SMILES string of the molecule is NC(=S)CS(=O)(=O)Nc1cc(Cl)c(Cl)cc1Cl. The molecule has 0 radical (unpaired) electrons. The lowest BCUT2D eigenvalue weighted by molar-refractivity contribution is 0.605. The summed E-state index contributed by atoms with van der Waals surface area (Å²) in [6.07, 6.45) is 0. The Balaban J connectivity index is 3.04. The first-order chi connectivity index (χ1) is 7.71. The molecular weight excluding hydrogens is 327 g/mol. The van der Waals surface area contributed by atoms with Crippen molar-refractivity contribution in [3.63, 3.8) is 0 Å². The molecule has 1 aromatic carbocycles. The largest absolute Gasteiger partial charge is 0.392 e. The zero-order valence-electron chi connectivity index (χ0n) is 8.21. The molecule has 0 fully saturated rings. The number of rotatable bonds is 4. The van der Waals surface area contributed by atoms with Crippen LogP contribution in [-0.2, 0) is 10.0 Å². The van der Waals surface area contributed by atoms with Crippen LogP contribution in [0.2, 0.25) is 15.1 Å². The molecule has 9 heteroatoms. The van der Waals surface area contributed by atoms with E-state index in [4.69, 9.17) is 40.5 Å². The molecule has 0 aliphatic heterocycles. The second-order valence-corrected chi connectivity index (χ2v) is 6.54. The maximum absolute atomic E-state index is 11.5. The van der Waals surface area contributed by atoms with Gasteiger partial charge >= 0.3 is 0 Å². The molecule has 0 spiro atoms. The molecule has 4 nitrogen and oxygen atoms in total. The molecule has 0 atom stereocenters. The number of anilines is 1. The van der Waals surface area contributed by atoms with E-state index in [-0.39, 0.29) is 25.7 Å². The first kappa shape index (κ1) is 14.8. The summed E-state index contributed by atoms with van der Waals surface area (Å²) in [5.74, 6) is -0.473. The standard InChI is InChI=1S/C8H7Cl3N2O2S2/c9-4-1-6(11)7(2-5(4)10)13-17(14,15)3-8(12)16/h1-2,13H,3H2,(H2,12,16). The van der Waals surface area contributed by atoms with Crippen molar-refractivity contribution in [2.75, 3.05) is 10.5 Å². The van der Waals surface area contributed by atoms with E-state index in [1.54, 1.807) is 0 Å². The molecule has 0 heterocycles. The van der Waals surface area contributed by atoms with Gasteiger partial charge in [-0.25, -0.2) is 8.42 Å². The molecule has 94 valence electrons. The molecule has 0 saturated carbocycles. The van der Waals surface area contributed by atoms with E-state index >= 15 is 0 Å². The lowest BCUT2D eigenvalue weighted by Crippen LogP contribution is -2.26. The van der Waals surface area contributed by atoms with Crippen molar-refractivity contribution in [3.8, 4) is 0 Å². The van der Waals surface area contributed by atoms with Crippen LogP contribution < -0.4 is 10.5 Å². The first-order valence-corrected chi connectivity index (χ1v) is 7.34. The molecule has 1 rings (SSSR count). The van der Waals surface area contributed by atoms with Gasteiger partial charge in [0.15, 0.2) is 0 Å². The second kappa shape index (κ2) is 5.58. The van der Waals surface area contributed by atoms with Gasteiger partial charge in [-0.05, 0) is 12.1 Å². The van der Waals surface area contributed by atoms with Crippen molar-refractivity contribution in [2.45, 2.75) is 0 Å². The van der Waals surface area contributed by atoms with Crippen LogP contribution in [0.15, 0.2) is 12.1 Å². The van der Waals surface area contributed by atoms with Crippen LogP contribution in [0.5, 0.6) is 0 Å². The predicted molar refractivity (Wildman–Crippen MR) is 75.7 cm³/mol. The zero-order chi connectivity index (χ0) is 13.2. The number of nitrogens with two attached hydrogens (primary N) is 1. The number of hydrogen-bond donors (Lipinski definition) is 2. The molecule has 0 aliphatic rings. The summed E-state index contributed by atoms with van der Waals surface area (Å²) in [6, 6.07) is 2.65. The van der Waals surface area contributed by atoms with Gasteiger partial charge in [0.25, 0.3) is 0 Å². The van der Waals surface area contributed by atoms with E-state index in [9.17, 15) is 8.42 Å². The van der Waals surface area contributed by atoms with Crippen molar-refractivity contribution in [1.29, 1.82) is 0 Å². The van der Waals surface area contributed by atoms with Gasteiger partial charge in [0.1, 0.15) is 5.75 Å². The Morgan fingerprint density at radius 1 is 1.24 bits per heavy atom. The highest BCUT2D eigenvalue weighted by molar-refractivity contribution is 7.95. The highest BCUT2D eigenvalue weighted by Crippen LogP contribution is 2.32. The van der Waals surface area contributed by atoms with Crippen molar-refractivity contribution in [2.24, 2.45) is 5.73 Å². The maximum atomic E-state index is 11.5. The van der Waals surface area contributed by atoms with Crippen molar-refractivity contribution >= 4 is 67.7 Å². The molecule has 0 aliphatic carbocycles. The van der Waals surface area contributed by atoms with Crippen molar-refractivity contribution < 1.29 is 8.42 Å². The third-order valence-electron chi connectivity index (χ3n) is 1.61. The van der Waals surface area contributed by atoms with E-state index < -0.39 is 15.8 Å². The molecule has 17 heavy (non-hydrogen) atoms. The molecule has 0 bridgehead atoms. The van der Waals surface area contributed by atoms with Gasteiger partial charge in [-0.3, -0.25) is 4.72 Å². The summed E-state index contributed by atoms with van der Waals surface area (Å²) in [5, 5.41) is 0.545. The maximum Gasteiger partial charge on any atom is 0.239 e. The fourth-order valence-corrected chi connectivity index (χ4v) is 3.06. The number of benzene rings is 1. The van der Waals surface area contributed by atoms with Crippen LogP contribution in [0.4, 0.5) is 5.69 Å².